The summed E-state index contributed by atoms with van der Waals surface area (Å²) in [6, 6.07) is 41.1. The molecule has 5 aromatic rings. The average Bonchev–Trinajstić information content (AvgIpc) is 3.67. The Morgan fingerprint density at radius 3 is 1.51 bits per heavy atom. The Morgan fingerprint density at radius 1 is 0.551 bits per heavy atom. The molecule has 0 unspecified atom stereocenters. The topological polar surface area (TPSA) is 120 Å². The number of nitrogens with one attached hydrogen (secondary N) is 2. The third-order valence-electron chi connectivity index (χ3n) is 12.7. The number of carbonyl (C=O) groups excluding carboxylic acids is 4. The summed E-state index contributed by atoms with van der Waals surface area (Å²) < 4.78 is 17.9. The van der Waals surface area contributed by atoms with Gasteiger partial charge in [0.25, 0.3) is 0 Å². The van der Waals surface area contributed by atoms with Crippen molar-refractivity contribution in [2.75, 3.05) is 13.2 Å². The highest BCUT2D eigenvalue weighted by Crippen LogP contribution is 2.45. The molecule has 0 saturated carbocycles. The van der Waals surface area contributed by atoms with Gasteiger partial charge in [-0.2, -0.15) is 0 Å². The molecule has 1 atom stereocenters. The van der Waals surface area contributed by atoms with Crippen LogP contribution in [0.2, 0.25) is 5.02 Å². The van der Waals surface area contributed by atoms with Crippen LogP contribution in [0.3, 0.4) is 0 Å². The zero-order valence-corrected chi connectivity index (χ0v) is 41.6. The molecule has 1 aliphatic carbocycles. The molecule has 9 nitrogen and oxygen atoms in total. The molecule has 69 heavy (non-hydrogen) atoms. The zero-order chi connectivity index (χ0) is 48.9. The van der Waals surface area contributed by atoms with Gasteiger partial charge >= 0.3 is 18.0 Å². The van der Waals surface area contributed by atoms with Gasteiger partial charge in [0.05, 0.1) is 6.54 Å². The molecule has 0 fully saturated rings. The Bertz CT molecular complexity index is 2310. The van der Waals surface area contributed by atoms with E-state index in [1.54, 1.807) is 6.07 Å². The maximum atomic E-state index is 14.8. The van der Waals surface area contributed by atoms with Gasteiger partial charge in [0.1, 0.15) is 18.2 Å². The fraction of sp³-hybridized carbons (Fsp3) is 0.424. The first kappa shape index (κ1) is 52.4. The van der Waals surface area contributed by atoms with Crippen LogP contribution in [0.4, 0.5) is 4.79 Å². The van der Waals surface area contributed by atoms with E-state index in [0.29, 0.717) is 34.6 Å². The van der Waals surface area contributed by atoms with E-state index in [4.69, 9.17) is 25.8 Å². The standard InChI is InChI=1S/C59H71ClN2O7/c1-58(2,3)68-55(64)41-23-15-13-11-9-7-5-4-6-8-10-12-14-22-40-54(63)62-53(42-61-57(66)67-43-50-48-36-26-24-34-46(48)47-35-25-27-37-49(47)50)56(65)69-59(44-30-18-16-19-31-44,45-32-20-17-21-33-45)51-38-28-29-39-52(51)60/h16-21,24-39,50,53H,4-15,22-23,40-43H2,1-3H3,(H,61,66)(H,62,63)/t53-/m0/s1. The summed E-state index contributed by atoms with van der Waals surface area (Å²) in [6.07, 6.45) is 15.4. The second-order valence-corrected chi connectivity index (χ2v) is 19.6. The second kappa shape index (κ2) is 26.7. The molecular weight excluding hydrogens is 884 g/mol. The van der Waals surface area contributed by atoms with Gasteiger partial charge in [0.15, 0.2) is 5.60 Å². The monoisotopic (exact) mass is 954 g/mol. The quantitative estimate of drug-likeness (QED) is 0.0233. The molecule has 0 radical (unpaired) electrons. The van der Waals surface area contributed by atoms with Crippen LogP contribution in [-0.4, -0.2) is 48.7 Å². The first-order valence-electron chi connectivity index (χ1n) is 25.2. The van der Waals surface area contributed by atoms with Gasteiger partial charge < -0.3 is 24.8 Å². The number of ether oxygens (including phenoxy) is 3. The third-order valence-corrected chi connectivity index (χ3v) is 13.1. The Hall–Kier alpha value is -5.93. The fourth-order valence-electron chi connectivity index (χ4n) is 9.33. The van der Waals surface area contributed by atoms with Crippen LogP contribution in [0.25, 0.3) is 11.1 Å². The van der Waals surface area contributed by atoms with Gasteiger partial charge in [0.2, 0.25) is 5.91 Å². The summed E-state index contributed by atoms with van der Waals surface area (Å²) in [4.78, 5) is 53.8. The van der Waals surface area contributed by atoms with Crippen molar-refractivity contribution in [3.05, 3.63) is 166 Å². The molecule has 0 bridgehead atoms. The summed E-state index contributed by atoms with van der Waals surface area (Å²) >= 11 is 6.94. The molecule has 0 aliphatic heterocycles. The number of unbranched alkanes of at least 4 members (excludes halogenated alkanes) is 13. The van der Waals surface area contributed by atoms with Gasteiger partial charge in [-0.3, -0.25) is 9.59 Å². The van der Waals surface area contributed by atoms with Gasteiger partial charge in [-0.1, -0.05) is 216 Å². The van der Waals surface area contributed by atoms with Crippen molar-refractivity contribution in [3.63, 3.8) is 0 Å². The Labute approximate surface area is 415 Å². The smallest absolute Gasteiger partial charge is 0.407 e. The number of rotatable bonds is 27. The van der Waals surface area contributed by atoms with E-state index in [1.807, 2.05) is 124 Å². The van der Waals surface area contributed by atoms with Crippen molar-refractivity contribution in [2.24, 2.45) is 0 Å². The van der Waals surface area contributed by atoms with Crippen molar-refractivity contribution >= 4 is 35.5 Å². The van der Waals surface area contributed by atoms with Gasteiger partial charge in [-0.15, -0.1) is 0 Å². The summed E-state index contributed by atoms with van der Waals surface area (Å²) in [5, 5.41) is 6.08. The summed E-state index contributed by atoms with van der Waals surface area (Å²) in [5.74, 6) is -1.30. The van der Waals surface area contributed by atoms with Crippen LogP contribution in [0, 0.1) is 0 Å². The predicted octanol–water partition coefficient (Wildman–Crippen LogP) is 13.8. The van der Waals surface area contributed by atoms with Crippen molar-refractivity contribution in [2.45, 2.75) is 147 Å². The minimum absolute atomic E-state index is 0.0972. The van der Waals surface area contributed by atoms with E-state index >= 15 is 0 Å². The van der Waals surface area contributed by atoms with E-state index in [1.165, 1.54) is 44.9 Å². The first-order chi connectivity index (χ1) is 33.5. The SMILES string of the molecule is CC(C)(C)OC(=O)CCCCCCCCCCCCCCCCC(=O)N[C@@H](CNC(=O)OCC1c2ccccc2-c2ccccc21)C(=O)OC(c1ccccc1)(c1ccccc1)c1ccccc1Cl. The molecule has 366 valence electrons. The number of fused-ring (bicyclic) bond motifs is 3. The van der Waals surface area contributed by atoms with Crippen molar-refractivity contribution in [1.82, 2.24) is 10.6 Å². The highest BCUT2D eigenvalue weighted by atomic mass is 35.5. The number of carbonyl (C=O) groups is 4. The number of alkyl carbamates (subject to hydrolysis) is 1. The lowest BCUT2D eigenvalue weighted by Gasteiger charge is -2.37. The molecule has 0 spiro atoms. The van der Waals surface area contributed by atoms with E-state index in [0.717, 1.165) is 60.8 Å². The lowest BCUT2D eigenvalue weighted by Crippen LogP contribution is -2.51. The number of hydrogen-bond donors (Lipinski definition) is 2. The van der Waals surface area contributed by atoms with Crippen molar-refractivity contribution in [1.29, 1.82) is 0 Å². The Balaban J connectivity index is 1.01. The zero-order valence-electron chi connectivity index (χ0n) is 40.8. The predicted molar refractivity (Wildman–Crippen MR) is 275 cm³/mol. The number of hydrogen-bond acceptors (Lipinski definition) is 7. The molecule has 2 N–H and O–H groups in total. The molecule has 6 rings (SSSR count). The number of halogens is 1. The highest BCUT2D eigenvalue weighted by molar-refractivity contribution is 6.31. The number of benzene rings is 5. The molecule has 0 aromatic heterocycles. The van der Waals surface area contributed by atoms with Gasteiger partial charge in [-0.05, 0) is 61.9 Å². The third kappa shape index (κ3) is 15.5. The van der Waals surface area contributed by atoms with E-state index in [-0.39, 0.29) is 37.4 Å². The average molecular weight is 956 g/mol. The van der Waals surface area contributed by atoms with Crippen molar-refractivity contribution in [3.8, 4) is 11.1 Å². The molecule has 0 heterocycles. The van der Waals surface area contributed by atoms with E-state index < -0.39 is 29.3 Å². The van der Waals surface area contributed by atoms with E-state index in [9.17, 15) is 19.2 Å². The van der Waals surface area contributed by atoms with Crippen LogP contribution in [0.1, 0.15) is 157 Å². The van der Waals surface area contributed by atoms with Crippen LogP contribution in [-0.2, 0) is 34.2 Å². The maximum Gasteiger partial charge on any atom is 0.407 e. The van der Waals surface area contributed by atoms with Crippen LogP contribution in [0.5, 0.6) is 0 Å². The van der Waals surface area contributed by atoms with Gasteiger partial charge in [0, 0.05) is 40.5 Å². The van der Waals surface area contributed by atoms with Crippen LogP contribution >= 0.6 is 11.6 Å². The molecular formula is C59H71ClN2O7. The largest absolute Gasteiger partial charge is 0.460 e. The van der Waals surface area contributed by atoms with Crippen LogP contribution in [0.15, 0.2) is 133 Å². The Morgan fingerprint density at radius 2 is 1.00 bits per heavy atom. The summed E-state index contributed by atoms with van der Waals surface area (Å²) in [7, 11) is 0. The molecule has 0 saturated heterocycles. The molecule has 1 aliphatic rings. The second-order valence-electron chi connectivity index (χ2n) is 19.2. The fourth-order valence-corrected chi connectivity index (χ4v) is 9.60. The molecule has 2 amide bonds. The summed E-state index contributed by atoms with van der Waals surface area (Å²) in [6.45, 7) is 5.54. The lowest BCUT2D eigenvalue weighted by molar-refractivity contribution is -0.157. The highest BCUT2D eigenvalue weighted by Gasteiger charge is 2.44. The van der Waals surface area contributed by atoms with Crippen LogP contribution < -0.4 is 10.6 Å². The van der Waals surface area contributed by atoms with Gasteiger partial charge in [-0.25, -0.2) is 9.59 Å². The first-order valence-corrected chi connectivity index (χ1v) is 25.5. The number of esters is 2. The minimum Gasteiger partial charge on any atom is -0.460 e. The Kier molecular flexibility index (Phi) is 20.3. The summed E-state index contributed by atoms with van der Waals surface area (Å²) in [5.41, 5.74) is 4.35. The molecule has 10 heteroatoms. The maximum absolute atomic E-state index is 14.8. The van der Waals surface area contributed by atoms with E-state index in [2.05, 4.69) is 34.9 Å². The molecule has 5 aromatic carbocycles. The number of amides is 2. The lowest BCUT2D eigenvalue weighted by atomic mass is 9.80. The normalized spacial score (nSPS) is 12.6. The minimum atomic E-state index is -1.50. The van der Waals surface area contributed by atoms with Crippen molar-refractivity contribution < 1.29 is 33.4 Å².